The number of ether oxygens (including phenoxy) is 2. The maximum atomic E-state index is 13.6. The van der Waals surface area contributed by atoms with E-state index < -0.39 is 38.5 Å². The number of para-hydroxylation sites is 1. The van der Waals surface area contributed by atoms with E-state index in [1.807, 2.05) is 0 Å². The van der Waals surface area contributed by atoms with Crippen molar-refractivity contribution in [1.82, 2.24) is 5.09 Å². The van der Waals surface area contributed by atoms with E-state index in [-0.39, 0.29) is 19.1 Å². The molecule has 1 aromatic rings. The summed E-state index contributed by atoms with van der Waals surface area (Å²) in [6.07, 6.45) is -2.19. The minimum absolute atomic E-state index is 0.0563. The van der Waals surface area contributed by atoms with Gasteiger partial charge in [-0.3, -0.25) is 0 Å². The fraction of sp³-hybridized carbons (Fsp3) is 0.611. The van der Waals surface area contributed by atoms with Gasteiger partial charge in [-0.25, -0.2) is 0 Å². The van der Waals surface area contributed by atoms with Crippen LogP contribution in [0.15, 0.2) is 30.3 Å². The average molecular weight is 405 g/mol. The minimum atomic E-state index is -4.03. The van der Waals surface area contributed by atoms with Crippen molar-refractivity contribution in [3.05, 3.63) is 30.3 Å². The summed E-state index contributed by atoms with van der Waals surface area (Å²) in [6.45, 7) is 6.61. The van der Waals surface area contributed by atoms with Gasteiger partial charge < -0.3 is 0 Å². The van der Waals surface area contributed by atoms with Gasteiger partial charge in [0.1, 0.15) is 0 Å². The van der Waals surface area contributed by atoms with Crippen molar-refractivity contribution in [1.29, 1.82) is 0 Å². The second kappa shape index (κ2) is 9.75. The molecule has 4 unspecified atom stereocenters. The Hall–Kier alpha value is -1.31. The Morgan fingerprint density at radius 2 is 2.04 bits per heavy atom. The van der Waals surface area contributed by atoms with Crippen molar-refractivity contribution in [2.75, 3.05) is 6.61 Å². The predicted octanol–water partition coefficient (Wildman–Crippen LogP) is 2.93. The molecule has 1 aliphatic heterocycles. The summed E-state index contributed by atoms with van der Waals surface area (Å²) >= 11 is 0. The normalized spacial score (nSPS) is 24.6. The Morgan fingerprint density at radius 3 is 2.59 bits per heavy atom. The van der Waals surface area contributed by atoms with Crippen molar-refractivity contribution < 1.29 is 32.6 Å². The topological polar surface area (TPSA) is 86.3 Å². The van der Waals surface area contributed by atoms with Crippen LogP contribution in [0.2, 0.25) is 0 Å². The van der Waals surface area contributed by atoms with E-state index in [1.54, 1.807) is 58.0 Å². The summed E-state index contributed by atoms with van der Waals surface area (Å²) in [5, 5.41) is 2.72. The molecule has 0 bridgehead atoms. The standard InChI is InChI=1S/C18H29FNO6P/c1-12(2)24-18(21)13(3)20-27(22,26-15-8-6-5-7-9-15)23-11-16-10-17(19)14(4)25-16/h5-9,12-14,16-17,20,22,27H,10-11H2,1-4H3. The Kier molecular flexibility index (Phi) is 7.94. The van der Waals surface area contributed by atoms with E-state index in [9.17, 15) is 14.1 Å². The molecule has 0 spiro atoms. The van der Waals surface area contributed by atoms with Crippen LogP contribution in [-0.4, -0.2) is 48.0 Å². The van der Waals surface area contributed by atoms with Gasteiger partial charge in [0.25, 0.3) is 0 Å². The van der Waals surface area contributed by atoms with Crippen LogP contribution < -0.4 is 9.61 Å². The molecule has 9 heteroatoms. The van der Waals surface area contributed by atoms with Crippen LogP contribution >= 0.6 is 8.09 Å². The van der Waals surface area contributed by atoms with Crippen molar-refractivity contribution in [3.63, 3.8) is 0 Å². The molecule has 154 valence electrons. The molecule has 1 aliphatic rings. The van der Waals surface area contributed by atoms with Gasteiger partial charge in [0.05, 0.1) is 0 Å². The van der Waals surface area contributed by atoms with Crippen LogP contribution in [0.4, 0.5) is 4.39 Å². The zero-order valence-corrected chi connectivity index (χ0v) is 17.1. The predicted molar refractivity (Wildman–Crippen MR) is 101 cm³/mol. The number of esters is 1. The zero-order chi connectivity index (χ0) is 20.0. The molecule has 0 amide bonds. The van der Waals surface area contributed by atoms with Gasteiger partial charge in [-0.2, -0.15) is 0 Å². The number of nitrogens with one attached hydrogen (secondary N) is 1. The molecule has 1 saturated heterocycles. The van der Waals surface area contributed by atoms with Gasteiger partial charge in [-0.15, -0.1) is 0 Å². The Balaban J connectivity index is 2.04. The summed E-state index contributed by atoms with van der Waals surface area (Å²) in [4.78, 5) is 23.0. The zero-order valence-electron chi connectivity index (χ0n) is 16.1. The molecule has 2 rings (SSSR count). The molecule has 0 aliphatic carbocycles. The van der Waals surface area contributed by atoms with Crippen LogP contribution in [-0.2, 0) is 18.8 Å². The van der Waals surface area contributed by atoms with E-state index in [1.165, 1.54) is 0 Å². The van der Waals surface area contributed by atoms with Crippen molar-refractivity contribution in [2.45, 2.75) is 64.6 Å². The number of carbonyl (C=O) groups is 1. The van der Waals surface area contributed by atoms with E-state index in [2.05, 4.69) is 5.09 Å². The van der Waals surface area contributed by atoms with Gasteiger partial charge in [0.2, 0.25) is 0 Å². The number of rotatable bonds is 9. The number of benzene rings is 1. The van der Waals surface area contributed by atoms with Gasteiger partial charge in [0.15, 0.2) is 0 Å². The molecule has 1 fully saturated rings. The summed E-state index contributed by atoms with van der Waals surface area (Å²) in [7, 11) is -4.03. The maximum absolute atomic E-state index is 13.6. The van der Waals surface area contributed by atoms with Crippen LogP contribution in [0.5, 0.6) is 5.75 Å². The van der Waals surface area contributed by atoms with Crippen LogP contribution in [0.25, 0.3) is 0 Å². The molecular weight excluding hydrogens is 376 g/mol. The first-order chi connectivity index (χ1) is 12.7. The first kappa shape index (κ1) is 22.0. The third-order valence-corrected chi connectivity index (χ3v) is 5.84. The molecule has 2 N–H and O–H groups in total. The average Bonchev–Trinajstić information content (AvgIpc) is 2.91. The second-order valence-corrected chi connectivity index (χ2v) is 8.82. The summed E-state index contributed by atoms with van der Waals surface area (Å²) in [5.41, 5.74) is 0. The third kappa shape index (κ3) is 6.97. The van der Waals surface area contributed by atoms with E-state index >= 15 is 0 Å². The molecule has 0 saturated carbocycles. The summed E-state index contributed by atoms with van der Waals surface area (Å²) in [6, 6.07) is 7.76. The van der Waals surface area contributed by atoms with Crippen LogP contribution in [0.1, 0.15) is 34.1 Å². The van der Waals surface area contributed by atoms with Crippen molar-refractivity contribution in [3.8, 4) is 5.75 Å². The SMILES string of the molecule is CC(C)OC(=O)C(C)N[PH](O)(OCC1CC(F)C(C)O1)Oc1ccccc1. The van der Waals surface area contributed by atoms with E-state index in [4.69, 9.17) is 18.5 Å². The Bertz CT molecular complexity index is 597. The number of halogens is 1. The first-order valence-electron chi connectivity index (χ1n) is 9.06. The molecular formula is C18H29FNO6P. The molecule has 0 radical (unpaired) electrons. The molecule has 27 heavy (non-hydrogen) atoms. The van der Waals surface area contributed by atoms with Crippen LogP contribution in [0, 0.1) is 0 Å². The number of alkyl halides is 1. The summed E-state index contributed by atoms with van der Waals surface area (Å²) < 4.78 is 35.5. The van der Waals surface area contributed by atoms with Gasteiger partial charge >= 0.3 is 159 Å². The number of hydrogen-bond donors (Lipinski definition) is 2. The van der Waals surface area contributed by atoms with Crippen molar-refractivity contribution in [2.24, 2.45) is 0 Å². The van der Waals surface area contributed by atoms with E-state index in [0.29, 0.717) is 5.75 Å². The molecule has 4 atom stereocenters. The number of carbonyl (C=O) groups excluding carboxylic acids is 1. The Labute approximate surface area is 159 Å². The molecule has 7 nitrogen and oxygen atoms in total. The fourth-order valence-corrected chi connectivity index (χ4v) is 4.35. The molecule has 1 aromatic carbocycles. The third-order valence-electron chi connectivity index (χ3n) is 3.97. The monoisotopic (exact) mass is 405 g/mol. The molecule has 0 aromatic heterocycles. The van der Waals surface area contributed by atoms with E-state index in [0.717, 1.165) is 0 Å². The summed E-state index contributed by atoms with van der Waals surface area (Å²) in [5.74, 6) is -0.154. The van der Waals surface area contributed by atoms with Crippen LogP contribution in [0.3, 0.4) is 0 Å². The quantitative estimate of drug-likeness (QED) is 0.483. The van der Waals surface area contributed by atoms with Gasteiger partial charge in [-0.05, 0) is 0 Å². The molecule has 1 heterocycles. The van der Waals surface area contributed by atoms with Crippen molar-refractivity contribution >= 4 is 14.1 Å². The number of hydrogen-bond acceptors (Lipinski definition) is 7. The first-order valence-corrected chi connectivity index (χ1v) is 10.8. The van der Waals surface area contributed by atoms with Gasteiger partial charge in [-0.1, -0.05) is 0 Å². The van der Waals surface area contributed by atoms with Gasteiger partial charge in [0, 0.05) is 0 Å². The Morgan fingerprint density at radius 1 is 1.37 bits per heavy atom. The second-order valence-electron chi connectivity index (χ2n) is 6.87. The fourth-order valence-electron chi connectivity index (χ4n) is 2.62.